The van der Waals surface area contributed by atoms with Crippen LogP contribution in [0.1, 0.15) is 22.7 Å². The van der Waals surface area contributed by atoms with Gasteiger partial charge in [-0.05, 0) is 22.8 Å². The maximum absolute atomic E-state index is 6.41. The van der Waals surface area contributed by atoms with Gasteiger partial charge in [0.05, 0.1) is 6.04 Å². The minimum absolute atomic E-state index is 0.0788. The molecule has 0 bridgehead atoms. The topological polar surface area (TPSA) is 12.0 Å². The molecule has 0 aromatic heterocycles. The standard InChI is InChI=1S/C20H18ClN/c21-19-14-8-7-13-18(19)20(17-11-5-2-6-12-17)22-15-16-9-3-1-4-10-16/h1-14,20,22H,15H2. The molecule has 0 spiro atoms. The van der Waals surface area contributed by atoms with Crippen molar-refractivity contribution < 1.29 is 0 Å². The molecule has 1 unspecified atom stereocenters. The van der Waals surface area contributed by atoms with Crippen LogP contribution in [-0.2, 0) is 6.54 Å². The Morgan fingerprint density at radius 1 is 0.727 bits per heavy atom. The van der Waals surface area contributed by atoms with Crippen LogP contribution in [-0.4, -0.2) is 0 Å². The van der Waals surface area contributed by atoms with Crippen molar-refractivity contribution in [3.05, 3.63) is 107 Å². The Balaban J connectivity index is 1.89. The molecule has 0 fully saturated rings. The SMILES string of the molecule is Clc1ccccc1C(NCc1ccccc1)c1ccccc1. The third-order valence-electron chi connectivity index (χ3n) is 3.70. The lowest BCUT2D eigenvalue weighted by atomic mass is 9.98. The van der Waals surface area contributed by atoms with Crippen molar-refractivity contribution in [3.8, 4) is 0 Å². The van der Waals surface area contributed by atoms with E-state index in [9.17, 15) is 0 Å². The zero-order valence-electron chi connectivity index (χ0n) is 12.2. The molecule has 0 amide bonds. The minimum atomic E-state index is 0.0788. The van der Waals surface area contributed by atoms with E-state index >= 15 is 0 Å². The van der Waals surface area contributed by atoms with Gasteiger partial charge in [-0.2, -0.15) is 0 Å². The van der Waals surface area contributed by atoms with E-state index in [0.717, 1.165) is 17.1 Å². The van der Waals surface area contributed by atoms with Crippen LogP contribution >= 0.6 is 11.6 Å². The van der Waals surface area contributed by atoms with Gasteiger partial charge < -0.3 is 5.32 Å². The Morgan fingerprint density at radius 2 is 1.32 bits per heavy atom. The Hall–Kier alpha value is -2.09. The summed E-state index contributed by atoms with van der Waals surface area (Å²) in [5, 5.41) is 4.41. The fourth-order valence-electron chi connectivity index (χ4n) is 2.58. The lowest BCUT2D eigenvalue weighted by Gasteiger charge is -2.21. The molecule has 110 valence electrons. The van der Waals surface area contributed by atoms with E-state index < -0.39 is 0 Å². The number of hydrogen-bond acceptors (Lipinski definition) is 1. The van der Waals surface area contributed by atoms with E-state index in [4.69, 9.17) is 11.6 Å². The van der Waals surface area contributed by atoms with Crippen molar-refractivity contribution in [2.75, 3.05) is 0 Å². The summed E-state index contributed by atoms with van der Waals surface area (Å²) in [6, 6.07) is 28.9. The van der Waals surface area contributed by atoms with Gasteiger partial charge in [0.2, 0.25) is 0 Å². The summed E-state index contributed by atoms with van der Waals surface area (Å²) in [7, 11) is 0. The lowest BCUT2D eigenvalue weighted by molar-refractivity contribution is 0.605. The first kappa shape index (κ1) is 14.8. The summed E-state index contributed by atoms with van der Waals surface area (Å²) in [6.45, 7) is 0.797. The summed E-state index contributed by atoms with van der Waals surface area (Å²) in [5.41, 5.74) is 3.58. The van der Waals surface area contributed by atoms with Crippen LogP contribution in [0.2, 0.25) is 5.02 Å². The average Bonchev–Trinajstić information content (AvgIpc) is 2.58. The van der Waals surface area contributed by atoms with Crippen LogP contribution < -0.4 is 5.32 Å². The quantitative estimate of drug-likeness (QED) is 0.681. The highest BCUT2D eigenvalue weighted by Gasteiger charge is 2.15. The normalized spacial score (nSPS) is 12.0. The minimum Gasteiger partial charge on any atom is -0.302 e. The smallest absolute Gasteiger partial charge is 0.0594 e. The van der Waals surface area contributed by atoms with Crippen molar-refractivity contribution in [1.29, 1.82) is 0 Å². The van der Waals surface area contributed by atoms with Gasteiger partial charge in [0, 0.05) is 11.6 Å². The Labute approximate surface area is 136 Å². The third-order valence-corrected chi connectivity index (χ3v) is 4.05. The van der Waals surface area contributed by atoms with Crippen molar-refractivity contribution >= 4 is 11.6 Å². The van der Waals surface area contributed by atoms with Gasteiger partial charge in [-0.3, -0.25) is 0 Å². The van der Waals surface area contributed by atoms with Gasteiger partial charge in [-0.25, -0.2) is 0 Å². The van der Waals surface area contributed by atoms with Gasteiger partial charge >= 0.3 is 0 Å². The van der Waals surface area contributed by atoms with E-state index in [1.807, 2.05) is 30.3 Å². The second-order valence-corrected chi connectivity index (χ2v) is 5.64. The summed E-state index contributed by atoms with van der Waals surface area (Å²) in [4.78, 5) is 0. The van der Waals surface area contributed by atoms with Crippen LogP contribution in [0.15, 0.2) is 84.9 Å². The zero-order chi connectivity index (χ0) is 15.2. The summed E-state index contributed by atoms with van der Waals surface area (Å²) >= 11 is 6.41. The van der Waals surface area contributed by atoms with E-state index in [0.29, 0.717) is 0 Å². The highest BCUT2D eigenvalue weighted by Crippen LogP contribution is 2.28. The molecule has 0 aliphatic heterocycles. The predicted molar refractivity (Wildman–Crippen MR) is 93.0 cm³/mol. The first-order valence-electron chi connectivity index (χ1n) is 7.41. The van der Waals surface area contributed by atoms with Gasteiger partial charge in [-0.15, -0.1) is 0 Å². The van der Waals surface area contributed by atoms with Crippen LogP contribution in [0.4, 0.5) is 0 Å². The molecule has 3 aromatic carbocycles. The summed E-state index contributed by atoms with van der Waals surface area (Å²) in [6.07, 6.45) is 0. The second-order valence-electron chi connectivity index (χ2n) is 5.23. The largest absolute Gasteiger partial charge is 0.302 e. The van der Waals surface area contributed by atoms with Crippen molar-refractivity contribution in [2.24, 2.45) is 0 Å². The van der Waals surface area contributed by atoms with E-state index in [-0.39, 0.29) is 6.04 Å². The average molecular weight is 308 g/mol. The fraction of sp³-hybridized carbons (Fsp3) is 0.100. The highest BCUT2D eigenvalue weighted by atomic mass is 35.5. The Bertz CT molecular complexity index is 710. The first-order chi connectivity index (χ1) is 10.8. The predicted octanol–water partition coefficient (Wildman–Crippen LogP) is 5.22. The maximum Gasteiger partial charge on any atom is 0.0594 e. The second kappa shape index (κ2) is 7.26. The maximum atomic E-state index is 6.41. The number of nitrogens with one attached hydrogen (secondary N) is 1. The molecule has 0 radical (unpaired) electrons. The fourth-order valence-corrected chi connectivity index (χ4v) is 2.82. The van der Waals surface area contributed by atoms with Crippen molar-refractivity contribution in [1.82, 2.24) is 5.32 Å². The molecule has 2 heteroatoms. The molecule has 1 N–H and O–H groups in total. The zero-order valence-corrected chi connectivity index (χ0v) is 13.0. The lowest BCUT2D eigenvalue weighted by Crippen LogP contribution is -2.22. The summed E-state index contributed by atoms with van der Waals surface area (Å²) in [5.74, 6) is 0. The number of benzene rings is 3. The van der Waals surface area contributed by atoms with Crippen molar-refractivity contribution in [2.45, 2.75) is 12.6 Å². The van der Waals surface area contributed by atoms with Crippen molar-refractivity contribution in [3.63, 3.8) is 0 Å². The molecule has 22 heavy (non-hydrogen) atoms. The first-order valence-corrected chi connectivity index (χ1v) is 7.79. The highest BCUT2D eigenvalue weighted by molar-refractivity contribution is 6.31. The number of hydrogen-bond donors (Lipinski definition) is 1. The molecule has 0 aliphatic carbocycles. The van der Waals surface area contributed by atoms with Crippen LogP contribution in [0.25, 0.3) is 0 Å². The molecule has 0 saturated heterocycles. The molecular formula is C20H18ClN. The molecule has 0 aliphatic rings. The molecule has 0 heterocycles. The van der Waals surface area contributed by atoms with Crippen LogP contribution in [0.3, 0.4) is 0 Å². The number of rotatable bonds is 5. The molecular weight excluding hydrogens is 290 g/mol. The molecule has 3 rings (SSSR count). The van der Waals surface area contributed by atoms with Gasteiger partial charge in [0.15, 0.2) is 0 Å². The van der Waals surface area contributed by atoms with E-state index in [1.165, 1.54) is 11.1 Å². The van der Waals surface area contributed by atoms with Crippen LogP contribution in [0, 0.1) is 0 Å². The Morgan fingerprint density at radius 3 is 2.00 bits per heavy atom. The number of halogens is 1. The Kier molecular flexibility index (Phi) is 4.89. The molecule has 0 saturated carbocycles. The monoisotopic (exact) mass is 307 g/mol. The molecule has 3 aromatic rings. The summed E-state index contributed by atoms with van der Waals surface area (Å²) < 4.78 is 0. The van der Waals surface area contributed by atoms with E-state index in [2.05, 4.69) is 59.9 Å². The van der Waals surface area contributed by atoms with Gasteiger partial charge in [0.1, 0.15) is 0 Å². The van der Waals surface area contributed by atoms with Gasteiger partial charge in [0.25, 0.3) is 0 Å². The molecule has 1 nitrogen and oxygen atoms in total. The van der Waals surface area contributed by atoms with Gasteiger partial charge in [-0.1, -0.05) is 90.5 Å². The molecule has 1 atom stereocenters. The third kappa shape index (κ3) is 3.56. The van der Waals surface area contributed by atoms with E-state index in [1.54, 1.807) is 0 Å². The van der Waals surface area contributed by atoms with Crippen LogP contribution in [0.5, 0.6) is 0 Å².